The molecule has 0 unspecified atom stereocenters. The number of carboxylic acid groups (broad SMARTS) is 1. The van der Waals surface area contributed by atoms with Crippen molar-refractivity contribution in [2.24, 2.45) is 5.92 Å². The summed E-state index contributed by atoms with van der Waals surface area (Å²) in [7, 11) is 0. The number of benzene rings is 2. The van der Waals surface area contributed by atoms with Crippen molar-refractivity contribution in [3.63, 3.8) is 0 Å². The first-order chi connectivity index (χ1) is 9.58. The molecule has 0 spiro atoms. The lowest BCUT2D eigenvalue weighted by Crippen LogP contribution is -2.19. The molecule has 0 bridgehead atoms. The molecule has 20 heavy (non-hydrogen) atoms. The molecule has 0 aliphatic carbocycles. The second-order valence-corrected chi connectivity index (χ2v) is 6.33. The Morgan fingerprint density at radius 1 is 0.900 bits per heavy atom. The zero-order valence-electron chi connectivity index (χ0n) is 10.7. The van der Waals surface area contributed by atoms with Gasteiger partial charge in [0.2, 0.25) is 0 Å². The van der Waals surface area contributed by atoms with Crippen molar-refractivity contribution >= 4 is 37.8 Å². The number of hydrogen-bond acceptors (Lipinski definition) is 1. The van der Waals surface area contributed by atoms with Crippen molar-refractivity contribution in [3.05, 3.63) is 68.6 Å². The van der Waals surface area contributed by atoms with Crippen LogP contribution in [-0.2, 0) is 17.6 Å². The summed E-state index contributed by atoms with van der Waals surface area (Å²) >= 11 is 6.94. The van der Waals surface area contributed by atoms with E-state index in [2.05, 4.69) is 31.9 Å². The summed E-state index contributed by atoms with van der Waals surface area (Å²) in [5, 5.41) is 9.45. The topological polar surface area (TPSA) is 37.3 Å². The molecule has 2 rings (SSSR count). The number of halogens is 2. The van der Waals surface area contributed by atoms with Crippen LogP contribution in [0.1, 0.15) is 11.1 Å². The van der Waals surface area contributed by atoms with E-state index in [0.717, 1.165) is 20.1 Å². The lowest BCUT2D eigenvalue weighted by molar-refractivity contribution is -0.141. The van der Waals surface area contributed by atoms with Gasteiger partial charge in [0.15, 0.2) is 0 Å². The fourth-order valence-corrected chi connectivity index (χ4v) is 3.00. The summed E-state index contributed by atoms with van der Waals surface area (Å²) in [4.78, 5) is 11.5. The Bertz CT molecular complexity index is 563. The molecule has 0 radical (unpaired) electrons. The van der Waals surface area contributed by atoms with Gasteiger partial charge in [-0.1, -0.05) is 68.3 Å². The van der Waals surface area contributed by atoms with Crippen molar-refractivity contribution in [2.45, 2.75) is 12.8 Å². The van der Waals surface area contributed by atoms with Gasteiger partial charge in [0.25, 0.3) is 0 Å². The van der Waals surface area contributed by atoms with Gasteiger partial charge >= 0.3 is 5.97 Å². The molecule has 0 aromatic heterocycles. The van der Waals surface area contributed by atoms with Crippen LogP contribution in [0.4, 0.5) is 0 Å². The summed E-state index contributed by atoms with van der Waals surface area (Å²) in [6.45, 7) is 0. The third kappa shape index (κ3) is 3.93. The van der Waals surface area contributed by atoms with Crippen molar-refractivity contribution in [1.29, 1.82) is 0 Å². The zero-order valence-corrected chi connectivity index (χ0v) is 13.9. The van der Waals surface area contributed by atoms with Crippen LogP contribution in [-0.4, -0.2) is 11.1 Å². The number of rotatable bonds is 5. The Morgan fingerprint density at radius 2 is 1.30 bits per heavy atom. The monoisotopic (exact) mass is 396 g/mol. The summed E-state index contributed by atoms with van der Waals surface area (Å²) in [5.74, 6) is -1.20. The molecule has 1 N–H and O–H groups in total. The molecule has 0 aliphatic heterocycles. The van der Waals surface area contributed by atoms with Gasteiger partial charge in [-0.15, -0.1) is 0 Å². The fraction of sp³-hybridized carbons (Fsp3) is 0.188. The number of carboxylic acids is 1. The minimum absolute atomic E-state index is 0.438. The second-order valence-electron chi connectivity index (χ2n) is 4.63. The van der Waals surface area contributed by atoms with Crippen molar-refractivity contribution in [2.75, 3.05) is 0 Å². The van der Waals surface area contributed by atoms with Gasteiger partial charge in [0.1, 0.15) is 0 Å². The maximum atomic E-state index is 11.5. The minimum atomic E-state index is -0.767. The highest BCUT2D eigenvalue weighted by molar-refractivity contribution is 9.10. The van der Waals surface area contributed by atoms with Crippen LogP contribution in [0.2, 0.25) is 0 Å². The van der Waals surface area contributed by atoms with E-state index in [1.54, 1.807) is 0 Å². The average Bonchev–Trinajstić information content (AvgIpc) is 2.42. The number of hydrogen-bond donors (Lipinski definition) is 1. The Labute approximate surface area is 135 Å². The molecule has 0 amide bonds. The van der Waals surface area contributed by atoms with E-state index in [1.807, 2.05) is 48.5 Å². The molecule has 104 valence electrons. The standard InChI is InChI=1S/C16H14Br2O2/c17-14-7-3-1-5-11(14)9-13(16(19)20)10-12-6-2-4-8-15(12)18/h1-8,13H,9-10H2,(H,19,20). The van der Waals surface area contributed by atoms with Gasteiger partial charge in [0, 0.05) is 8.95 Å². The number of aliphatic carboxylic acids is 1. The predicted molar refractivity (Wildman–Crippen MR) is 86.8 cm³/mol. The first-order valence-corrected chi connectivity index (χ1v) is 7.86. The number of carbonyl (C=O) groups is 1. The van der Waals surface area contributed by atoms with Crippen molar-refractivity contribution < 1.29 is 9.90 Å². The summed E-state index contributed by atoms with van der Waals surface area (Å²) in [5.41, 5.74) is 2.04. The SMILES string of the molecule is O=C(O)C(Cc1ccccc1Br)Cc1ccccc1Br. The van der Waals surface area contributed by atoms with E-state index < -0.39 is 11.9 Å². The van der Waals surface area contributed by atoms with Gasteiger partial charge in [-0.3, -0.25) is 4.79 Å². The second kappa shape index (κ2) is 7.04. The molecule has 2 aromatic carbocycles. The van der Waals surface area contributed by atoms with Gasteiger partial charge in [-0.05, 0) is 36.1 Å². The van der Waals surface area contributed by atoms with Crippen LogP contribution >= 0.6 is 31.9 Å². The molecule has 0 saturated heterocycles. The van der Waals surface area contributed by atoms with E-state index in [-0.39, 0.29) is 0 Å². The van der Waals surface area contributed by atoms with E-state index in [4.69, 9.17) is 0 Å². The third-order valence-electron chi connectivity index (χ3n) is 3.20. The van der Waals surface area contributed by atoms with Gasteiger partial charge in [-0.2, -0.15) is 0 Å². The normalized spacial score (nSPS) is 10.8. The zero-order chi connectivity index (χ0) is 14.5. The Balaban J connectivity index is 2.19. The molecule has 4 heteroatoms. The smallest absolute Gasteiger partial charge is 0.307 e. The van der Waals surface area contributed by atoms with Crippen LogP contribution in [0.25, 0.3) is 0 Å². The first kappa shape index (κ1) is 15.3. The fourth-order valence-electron chi connectivity index (χ4n) is 2.11. The summed E-state index contributed by atoms with van der Waals surface area (Å²) in [6, 6.07) is 15.5. The summed E-state index contributed by atoms with van der Waals surface area (Å²) in [6.07, 6.45) is 1.02. The van der Waals surface area contributed by atoms with Gasteiger partial charge in [-0.25, -0.2) is 0 Å². The highest BCUT2D eigenvalue weighted by Gasteiger charge is 2.20. The Hall–Kier alpha value is -1.13. The van der Waals surface area contributed by atoms with Crippen LogP contribution < -0.4 is 0 Å². The van der Waals surface area contributed by atoms with Crippen LogP contribution in [0.3, 0.4) is 0 Å². The van der Waals surface area contributed by atoms with Crippen LogP contribution in [0.5, 0.6) is 0 Å². The molecule has 0 saturated carbocycles. The quantitative estimate of drug-likeness (QED) is 0.793. The molecule has 0 atom stereocenters. The maximum absolute atomic E-state index is 11.5. The maximum Gasteiger partial charge on any atom is 0.307 e. The van der Waals surface area contributed by atoms with Gasteiger partial charge in [0.05, 0.1) is 5.92 Å². The van der Waals surface area contributed by atoms with Crippen LogP contribution in [0.15, 0.2) is 57.5 Å². The molecule has 2 nitrogen and oxygen atoms in total. The third-order valence-corrected chi connectivity index (χ3v) is 4.74. The molecular formula is C16H14Br2O2. The van der Waals surface area contributed by atoms with Crippen molar-refractivity contribution in [1.82, 2.24) is 0 Å². The van der Waals surface area contributed by atoms with E-state index in [1.165, 1.54) is 0 Å². The highest BCUT2D eigenvalue weighted by atomic mass is 79.9. The largest absolute Gasteiger partial charge is 0.481 e. The average molecular weight is 398 g/mol. The molecule has 0 heterocycles. The van der Waals surface area contributed by atoms with Gasteiger partial charge < -0.3 is 5.11 Å². The summed E-state index contributed by atoms with van der Waals surface area (Å²) < 4.78 is 1.91. The lowest BCUT2D eigenvalue weighted by Gasteiger charge is -2.14. The van der Waals surface area contributed by atoms with E-state index >= 15 is 0 Å². The molecule has 2 aromatic rings. The molecular weight excluding hydrogens is 384 g/mol. The predicted octanol–water partition coefficient (Wildman–Crippen LogP) is 4.70. The van der Waals surface area contributed by atoms with E-state index in [0.29, 0.717) is 12.8 Å². The Morgan fingerprint density at radius 3 is 1.65 bits per heavy atom. The minimum Gasteiger partial charge on any atom is -0.481 e. The van der Waals surface area contributed by atoms with Crippen molar-refractivity contribution in [3.8, 4) is 0 Å². The highest BCUT2D eigenvalue weighted by Crippen LogP contribution is 2.24. The van der Waals surface area contributed by atoms with E-state index in [9.17, 15) is 9.90 Å². The first-order valence-electron chi connectivity index (χ1n) is 6.27. The molecule has 0 aliphatic rings. The van der Waals surface area contributed by atoms with Crippen LogP contribution in [0, 0.1) is 5.92 Å². The Kier molecular flexibility index (Phi) is 5.38. The lowest BCUT2D eigenvalue weighted by atomic mass is 9.93. The molecule has 0 fully saturated rings.